The first-order chi connectivity index (χ1) is 8.75. The van der Waals surface area contributed by atoms with Crippen molar-refractivity contribution in [2.45, 2.75) is 6.92 Å². The Hall–Kier alpha value is -2.49. The number of benzene rings is 1. The van der Waals surface area contributed by atoms with Gasteiger partial charge in [0.05, 0.1) is 6.21 Å². The van der Waals surface area contributed by atoms with Crippen molar-refractivity contribution in [3.63, 3.8) is 0 Å². The van der Waals surface area contributed by atoms with Crippen LogP contribution in [0.1, 0.15) is 21.5 Å². The largest absolute Gasteiger partial charge is 0.271 e. The summed E-state index contributed by atoms with van der Waals surface area (Å²) in [5.74, 6) is -0.227. The normalized spacial score (nSPS) is 10.5. The minimum Gasteiger partial charge on any atom is -0.267 e. The van der Waals surface area contributed by atoms with Gasteiger partial charge in [-0.15, -0.1) is 0 Å². The summed E-state index contributed by atoms with van der Waals surface area (Å²) in [6.07, 6.45) is 4.91. The van der Waals surface area contributed by atoms with Gasteiger partial charge in [0.25, 0.3) is 5.91 Å². The molecule has 1 N–H and O–H groups in total. The predicted molar refractivity (Wildman–Crippen MR) is 70.5 cm³/mol. The van der Waals surface area contributed by atoms with E-state index in [1.807, 2.05) is 31.2 Å². The van der Waals surface area contributed by atoms with Crippen molar-refractivity contribution in [3.8, 4) is 0 Å². The summed E-state index contributed by atoms with van der Waals surface area (Å²) in [7, 11) is 0. The highest BCUT2D eigenvalue weighted by Gasteiger charge is 2.02. The van der Waals surface area contributed by atoms with Crippen molar-refractivity contribution in [3.05, 3.63) is 65.5 Å². The minimum absolute atomic E-state index is 0.227. The molecule has 1 heterocycles. The molecule has 0 saturated carbocycles. The van der Waals surface area contributed by atoms with Crippen LogP contribution in [-0.4, -0.2) is 17.1 Å². The molecule has 4 nitrogen and oxygen atoms in total. The Kier molecular flexibility index (Phi) is 3.81. The summed E-state index contributed by atoms with van der Waals surface area (Å²) in [6.45, 7) is 1.97. The fourth-order valence-corrected chi connectivity index (χ4v) is 1.39. The Labute approximate surface area is 105 Å². The van der Waals surface area contributed by atoms with Gasteiger partial charge >= 0.3 is 0 Å². The molecule has 0 unspecified atom stereocenters. The number of hydrazone groups is 1. The van der Waals surface area contributed by atoms with E-state index in [4.69, 9.17) is 0 Å². The average molecular weight is 239 g/mol. The Bertz CT molecular complexity index is 547. The number of carbonyl (C=O) groups excluding carboxylic acids is 1. The van der Waals surface area contributed by atoms with Crippen molar-refractivity contribution in [1.29, 1.82) is 0 Å². The molecule has 0 saturated heterocycles. The molecule has 1 aromatic heterocycles. The predicted octanol–water partition coefficient (Wildman–Crippen LogP) is 2.15. The van der Waals surface area contributed by atoms with Crippen LogP contribution in [-0.2, 0) is 0 Å². The summed E-state index contributed by atoms with van der Waals surface area (Å²) < 4.78 is 0. The van der Waals surface area contributed by atoms with Gasteiger partial charge in [-0.3, -0.25) is 9.78 Å². The van der Waals surface area contributed by atoms with Crippen LogP contribution >= 0.6 is 0 Å². The van der Waals surface area contributed by atoms with Crippen LogP contribution in [0.2, 0.25) is 0 Å². The highest BCUT2D eigenvalue weighted by molar-refractivity contribution is 5.94. The lowest BCUT2D eigenvalue weighted by atomic mass is 10.1. The van der Waals surface area contributed by atoms with Gasteiger partial charge in [-0.1, -0.05) is 23.8 Å². The van der Waals surface area contributed by atoms with Crippen molar-refractivity contribution in [2.75, 3.05) is 0 Å². The quantitative estimate of drug-likeness (QED) is 0.659. The molecule has 0 bridgehead atoms. The first kappa shape index (κ1) is 12.0. The Balaban J connectivity index is 1.96. The SMILES string of the molecule is Cc1ccc(C(=O)N/N=C/c2cccnc2)cc1. The van der Waals surface area contributed by atoms with E-state index in [-0.39, 0.29) is 5.91 Å². The maximum absolute atomic E-state index is 11.7. The van der Waals surface area contributed by atoms with Crippen LogP contribution in [0.3, 0.4) is 0 Å². The zero-order valence-electron chi connectivity index (χ0n) is 10.00. The molecule has 18 heavy (non-hydrogen) atoms. The van der Waals surface area contributed by atoms with Gasteiger partial charge in [0.15, 0.2) is 0 Å². The molecule has 0 fully saturated rings. The molecule has 0 aliphatic rings. The second-order valence-corrected chi connectivity index (χ2v) is 3.85. The van der Waals surface area contributed by atoms with Crippen LogP contribution < -0.4 is 5.43 Å². The molecule has 2 aromatic rings. The summed E-state index contributed by atoms with van der Waals surface area (Å²) >= 11 is 0. The lowest BCUT2D eigenvalue weighted by Gasteiger charge is -1.99. The molecule has 0 atom stereocenters. The van der Waals surface area contributed by atoms with Gasteiger partial charge < -0.3 is 0 Å². The smallest absolute Gasteiger partial charge is 0.267 e. The molecule has 4 heteroatoms. The minimum atomic E-state index is -0.227. The first-order valence-electron chi connectivity index (χ1n) is 5.56. The number of nitrogens with zero attached hydrogens (tertiary/aromatic N) is 2. The number of rotatable bonds is 3. The van der Waals surface area contributed by atoms with E-state index in [1.54, 1.807) is 30.7 Å². The maximum atomic E-state index is 11.7. The molecule has 0 aliphatic carbocycles. The molecule has 90 valence electrons. The number of nitrogens with one attached hydrogen (secondary N) is 1. The second kappa shape index (κ2) is 5.72. The van der Waals surface area contributed by atoms with Gasteiger partial charge in [-0.25, -0.2) is 5.43 Å². The molecule has 0 radical (unpaired) electrons. The standard InChI is InChI=1S/C14H13N3O/c1-11-4-6-13(7-5-11)14(18)17-16-10-12-3-2-8-15-9-12/h2-10H,1H3,(H,17,18)/b16-10+. The van der Waals surface area contributed by atoms with E-state index >= 15 is 0 Å². The fraction of sp³-hybridized carbons (Fsp3) is 0.0714. The summed E-state index contributed by atoms with van der Waals surface area (Å²) in [5, 5.41) is 3.88. The van der Waals surface area contributed by atoms with E-state index in [0.717, 1.165) is 11.1 Å². The molecular weight excluding hydrogens is 226 g/mol. The highest BCUT2D eigenvalue weighted by Crippen LogP contribution is 2.02. The van der Waals surface area contributed by atoms with Crippen molar-refractivity contribution in [1.82, 2.24) is 10.4 Å². The Morgan fingerprint density at radius 2 is 2.06 bits per heavy atom. The van der Waals surface area contributed by atoms with Crippen LogP contribution in [0.5, 0.6) is 0 Å². The lowest BCUT2D eigenvalue weighted by molar-refractivity contribution is 0.0955. The van der Waals surface area contributed by atoms with Gasteiger partial charge in [-0.05, 0) is 25.1 Å². The molecule has 1 amide bonds. The maximum Gasteiger partial charge on any atom is 0.271 e. The summed E-state index contributed by atoms with van der Waals surface area (Å²) in [6, 6.07) is 11.0. The number of pyridine rings is 1. The van der Waals surface area contributed by atoms with Crippen molar-refractivity contribution >= 4 is 12.1 Å². The number of aryl methyl sites for hydroxylation is 1. The molecule has 1 aromatic carbocycles. The summed E-state index contributed by atoms with van der Waals surface area (Å²) in [4.78, 5) is 15.7. The average Bonchev–Trinajstić information content (AvgIpc) is 2.40. The van der Waals surface area contributed by atoms with E-state index in [1.165, 1.54) is 0 Å². The second-order valence-electron chi connectivity index (χ2n) is 3.85. The van der Waals surface area contributed by atoms with Gasteiger partial charge in [0.2, 0.25) is 0 Å². The van der Waals surface area contributed by atoms with E-state index in [2.05, 4.69) is 15.5 Å². The third-order valence-corrected chi connectivity index (χ3v) is 2.38. The van der Waals surface area contributed by atoms with Crippen LogP contribution in [0.4, 0.5) is 0 Å². The summed E-state index contributed by atoms with van der Waals surface area (Å²) in [5.41, 5.74) is 5.01. The first-order valence-corrected chi connectivity index (χ1v) is 5.56. The number of carbonyl (C=O) groups is 1. The third kappa shape index (κ3) is 3.25. The number of aromatic nitrogens is 1. The Morgan fingerprint density at radius 1 is 1.28 bits per heavy atom. The zero-order chi connectivity index (χ0) is 12.8. The molecular formula is C14H13N3O. The molecule has 2 rings (SSSR count). The number of hydrogen-bond acceptors (Lipinski definition) is 3. The number of hydrogen-bond donors (Lipinski definition) is 1. The topological polar surface area (TPSA) is 54.4 Å². The molecule has 0 spiro atoms. The van der Waals surface area contributed by atoms with Crippen molar-refractivity contribution in [2.24, 2.45) is 5.10 Å². The monoisotopic (exact) mass is 239 g/mol. The van der Waals surface area contributed by atoms with Gasteiger partial charge in [0.1, 0.15) is 0 Å². The fourth-order valence-electron chi connectivity index (χ4n) is 1.39. The third-order valence-electron chi connectivity index (χ3n) is 2.38. The zero-order valence-corrected chi connectivity index (χ0v) is 10.00. The molecule has 0 aliphatic heterocycles. The van der Waals surface area contributed by atoms with Crippen LogP contribution in [0, 0.1) is 6.92 Å². The van der Waals surface area contributed by atoms with Crippen molar-refractivity contribution < 1.29 is 4.79 Å². The van der Waals surface area contributed by atoms with Gasteiger partial charge in [0, 0.05) is 23.5 Å². The van der Waals surface area contributed by atoms with E-state index < -0.39 is 0 Å². The number of amides is 1. The van der Waals surface area contributed by atoms with E-state index in [0.29, 0.717) is 5.56 Å². The lowest BCUT2D eigenvalue weighted by Crippen LogP contribution is -2.17. The van der Waals surface area contributed by atoms with E-state index in [9.17, 15) is 4.79 Å². The highest BCUT2D eigenvalue weighted by atomic mass is 16.2. The van der Waals surface area contributed by atoms with Crippen LogP contribution in [0.25, 0.3) is 0 Å². The van der Waals surface area contributed by atoms with Gasteiger partial charge in [-0.2, -0.15) is 5.10 Å². The van der Waals surface area contributed by atoms with Crippen LogP contribution in [0.15, 0.2) is 53.9 Å². The Morgan fingerprint density at radius 3 is 2.72 bits per heavy atom.